The van der Waals surface area contributed by atoms with E-state index in [2.05, 4.69) is 20.3 Å². The van der Waals surface area contributed by atoms with Crippen LogP contribution in [0.4, 0.5) is 17.3 Å². The van der Waals surface area contributed by atoms with Crippen LogP contribution in [0.25, 0.3) is 10.9 Å². The van der Waals surface area contributed by atoms with E-state index >= 15 is 0 Å². The third-order valence-electron chi connectivity index (χ3n) is 4.90. The Labute approximate surface area is 175 Å². The molecule has 0 aliphatic carbocycles. The zero-order chi connectivity index (χ0) is 21.1. The summed E-state index contributed by atoms with van der Waals surface area (Å²) in [6.45, 7) is 2.54. The van der Waals surface area contributed by atoms with E-state index in [1.165, 1.54) is 0 Å². The molecular weight excluding hydrogens is 378 g/mol. The molecule has 4 rings (SSSR count). The Morgan fingerprint density at radius 3 is 2.97 bits per heavy atom. The average molecular weight is 403 g/mol. The van der Waals surface area contributed by atoms with Gasteiger partial charge in [-0.25, -0.2) is 9.97 Å². The number of rotatable bonds is 6. The van der Waals surface area contributed by atoms with Gasteiger partial charge in [-0.05, 0) is 37.6 Å². The summed E-state index contributed by atoms with van der Waals surface area (Å²) in [6, 6.07) is 9.67. The molecule has 2 heterocycles. The number of anilines is 2. The molecule has 0 radical (unpaired) electrons. The predicted octanol–water partition coefficient (Wildman–Crippen LogP) is 4.10. The van der Waals surface area contributed by atoms with Gasteiger partial charge in [0.1, 0.15) is 23.1 Å². The number of ether oxygens (including phenoxy) is 1. The molecule has 1 aliphatic heterocycles. The Bertz CT molecular complexity index is 1120. The van der Waals surface area contributed by atoms with Crippen LogP contribution < -0.4 is 15.0 Å². The van der Waals surface area contributed by atoms with Crippen LogP contribution in [-0.2, 0) is 6.42 Å². The van der Waals surface area contributed by atoms with Crippen LogP contribution in [0.15, 0.2) is 53.7 Å². The quantitative estimate of drug-likeness (QED) is 0.645. The number of allylic oxidation sites excluding steroid dienone is 2. The summed E-state index contributed by atoms with van der Waals surface area (Å²) in [6.07, 6.45) is 7.78. The van der Waals surface area contributed by atoms with Gasteiger partial charge >= 0.3 is 0 Å². The molecule has 30 heavy (non-hydrogen) atoms. The average Bonchev–Trinajstić information content (AvgIpc) is 2.99. The molecule has 0 bridgehead atoms. The smallest absolute Gasteiger partial charge is 0.223 e. The highest BCUT2D eigenvalue weighted by molar-refractivity contribution is 5.95. The molecule has 0 saturated heterocycles. The van der Waals surface area contributed by atoms with Crippen LogP contribution in [-0.4, -0.2) is 48.0 Å². The molecule has 1 unspecified atom stereocenters. The van der Waals surface area contributed by atoms with Crippen molar-refractivity contribution in [1.82, 2.24) is 9.97 Å². The summed E-state index contributed by atoms with van der Waals surface area (Å²) >= 11 is 0. The van der Waals surface area contributed by atoms with Gasteiger partial charge in [-0.1, -0.05) is 12.1 Å². The topological polar surface area (TPSA) is 82.9 Å². The Morgan fingerprint density at radius 2 is 2.13 bits per heavy atom. The molecule has 2 aromatic carbocycles. The van der Waals surface area contributed by atoms with Crippen LogP contribution in [0.2, 0.25) is 0 Å². The molecule has 154 valence electrons. The molecule has 0 fully saturated rings. The highest BCUT2D eigenvalue weighted by atomic mass is 16.5. The molecule has 0 amide bonds. The minimum Gasteiger partial charge on any atom is -0.508 e. The summed E-state index contributed by atoms with van der Waals surface area (Å²) in [4.78, 5) is 15.5. The van der Waals surface area contributed by atoms with Gasteiger partial charge in [0.2, 0.25) is 5.95 Å². The maximum absolute atomic E-state index is 10.3. The minimum absolute atomic E-state index is 0.0825. The molecule has 2 N–H and O–H groups in total. The molecule has 0 saturated carbocycles. The third-order valence-corrected chi connectivity index (χ3v) is 4.90. The van der Waals surface area contributed by atoms with Gasteiger partial charge in [-0.2, -0.15) is 0 Å². The van der Waals surface area contributed by atoms with Crippen LogP contribution in [0.5, 0.6) is 11.5 Å². The Morgan fingerprint density at radius 1 is 1.27 bits per heavy atom. The fourth-order valence-corrected chi connectivity index (χ4v) is 3.32. The zero-order valence-corrected chi connectivity index (χ0v) is 17.3. The second kappa shape index (κ2) is 8.41. The number of phenolic OH excluding ortho intramolecular Hbond substituents is 1. The maximum atomic E-state index is 10.3. The van der Waals surface area contributed by atoms with Gasteiger partial charge in [0, 0.05) is 49.2 Å². The predicted molar refractivity (Wildman–Crippen MR) is 122 cm³/mol. The Balaban J connectivity index is 1.50. The van der Waals surface area contributed by atoms with E-state index in [0.29, 0.717) is 30.1 Å². The van der Waals surface area contributed by atoms with Gasteiger partial charge in [0.25, 0.3) is 0 Å². The van der Waals surface area contributed by atoms with Crippen LogP contribution >= 0.6 is 0 Å². The first-order valence-corrected chi connectivity index (χ1v) is 9.90. The van der Waals surface area contributed by atoms with Gasteiger partial charge in [0.05, 0.1) is 12.2 Å². The van der Waals surface area contributed by atoms with Crippen molar-refractivity contribution in [2.45, 2.75) is 19.4 Å². The number of aliphatic imine (C=N–C) groups is 1. The third kappa shape index (κ3) is 4.20. The first kappa shape index (κ1) is 19.7. The largest absolute Gasteiger partial charge is 0.508 e. The molecule has 1 aromatic heterocycles. The standard InChI is InChI=1S/C23H25N5O2/c1-15(30-18-8-6-7-17(12-18)28(2)3)13-25-23-26-14-16-11-20(29)19-9-4-5-10-24-22(19)21(16)27-23/h4-8,10-12,14-15,29H,9,13H2,1-3H3,(H,25,26,27). The summed E-state index contributed by atoms with van der Waals surface area (Å²) in [7, 11) is 4.00. The van der Waals surface area contributed by atoms with Gasteiger partial charge in [0.15, 0.2) is 0 Å². The van der Waals surface area contributed by atoms with Crippen LogP contribution in [0, 0.1) is 0 Å². The number of aromatic nitrogens is 2. The molecule has 3 aromatic rings. The summed E-state index contributed by atoms with van der Waals surface area (Å²) in [5.74, 6) is 1.53. The van der Waals surface area contributed by atoms with E-state index in [-0.39, 0.29) is 11.9 Å². The van der Waals surface area contributed by atoms with Crippen molar-refractivity contribution >= 4 is 34.4 Å². The van der Waals surface area contributed by atoms with Gasteiger partial charge < -0.3 is 20.1 Å². The van der Waals surface area contributed by atoms with E-state index in [1.54, 1.807) is 18.5 Å². The lowest BCUT2D eigenvalue weighted by molar-refractivity contribution is 0.234. The molecule has 0 spiro atoms. The molecule has 1 aliphatic rings. The fourth-order valence-electron chi connectivity index (χ4n) is 3.32. The van der Waals surface area contributed by atoms with E-state index in [4.69, 9.17) is 4.74 Å². The van der Waals surface area contributed by atoms with E-state index in [0.717, 1.165) is 22.4 Å². The minimum atomic E-state index is -0.0825. The summed E-state index contributed by atoms with van der Waals surface area (Å²) < 4.78 is 6.03. The summed E-state index contributed by atoms with van der Waals surface area (Å²) in [5.41, 5.74) is 3.26. The maximum Gasteiger partial charge on any atom is 0.223 e. The van der Waals surface area contributed by atoms with Crippen LogP contribution in [0.1, 0.15) is 12.5 Å². The fraction of sp³-hybridized carbons (Fsp3) is 0.261. The van der Waals surface area contributed by atoms with Gasteiger partial charge in [-0.15, -0.1) is 0 Å². The van der Waals surface area contributed by atoms with E-state index in [9.17, 15) is 5.11 Å². The Kier molecular flexibility index (Phi) is 5.52. The van der Waals surface area contributed by atoms with Crippen molar-refractivity contribution < 1.29 is 9.84 Å². The number of phenols is 1. The number of benzene rings is 2. The van der Waals surface area contributed by atoms with Gasteiger partial charge in [-0.3, -0.25) is 4.99 Å². The Hall–Kier alpha value is -3.61. The number of aromatic hydroxyl groups is 1. The molecular formula is C23H25N5O2. The highest BCUT2D eigenvalue weighted by Crippen LogP contribution is 2.37. The summed E-state index contributed by atoms with van der Waals surface area (Å²) in [5, 5.41) is 14.3. The first-order valence-electron chi connectivity index (χ1n) is 9.90. The van der Waals surface area contributed by atoms with Crippen molar-refractivity contribution in [3.63, 3.8) is 0 Å². The normalized spacial score (nSPS) is 13.6. The second-order valence-corrected chi connectivity index (χ2v) is 7.47. The van der Waals surface area contributed by atoms with E-state index < -0.39 is 0 Å². The van der Waals surface area contributed by atoms with Crippen molar-refractivity contribution in [2.75, 3.05) is 30.9 Å². The number of hydrogen-bond donors (Lipinski definition) is 2. The first-order chi connectivity index (χ1) is 14.5. The second-order valence-electron chi connectivity index (χ2n) is 7.47. The van der Waals surface area contributed by atoms with E-state index in [1.807, 2.05) is 62.3 Å². The number of fused-ring (bicyclic) bond motifs is 3. The molecule has 1 atom stereocenters. The lowest BCUT2D eigenvalue weighted by Crippen LogP contribution is -2.23. The lowest BCUT2D eigenvalue weighted by atomic mass is 10.1. The molecule has 7 nitrogen and oxygen atoms in total. The highest BCUT2D eigenvalue weighted by Gasteiger charge is 2.15. The number of nitrogens with one attached hydrogen (secondary N) is 1. The molecule has 7 heteroatoms. The lowest BCUT2D eigenvalue weighted by Gasteiger charge is -2.18. The zero-order valence-electron chi connectivity index (χ0n) is 17.3. The number of hydrogen-bond acceptors (Lipinski definition) is 7. The van der Waals surface area contributed by atoms with Crippen molar-refractivity contribution in [1.29, 1.82) is 0 Å². The van der Waals surface area contributed by atoms with Crippen molar-refractivity contribution in [3.8, 4) is 11.5 Å². The van der Waals surface area contributed by atoms with Crippen molar-refractivity contribution in [2.24, 2.45) is 4.99 Å². The number of nitrogens with zero attached hydrogens (tertiary/aromatic N) is 4. The monoisotopic (exact) mass is 403 g/mol. The van der Waals surface area contributed by atoms with Crippen LogP contribution in [0.3, 0.4) is 0 Å². The SMILES string of the molecule is CC(CNc1ncc2cc(O)c3c(c2n1)N=CC=CC3)Oc1cccc(N(C)C)c1. The van der Waals surface area contributed by atoms with Crippen molar-refractivity contribution in [3.05, 3.63) is 54.2 Å².